The number of rotatable bonds is 2. The van der Waals surface area contributed by atoms with Crippen molar-refractivity contribution in [1.29, 1.82) is 0 Å². The van der Waals surface area contributed by atoms with Crippen LogP contribution in [0.4, 0.5) is 13.2 Å². The van der Waals surface area contributed by atoms with E-state index in [1.54, 1.807) is 0 Å². The molecule has 1 heterocycles. The van der Waals surface area contributed by atoms with E-state index in [0.29, 0.717) is 11.8 Å². The molecule has 1 aromatic heterocycles. The van der Waals surface area contributed by atoms with Gasteiger partial charge in [0.25, 0.3) is 0 Å². The Morgan fingerprint density at radius 3 is 2.37 bits per heavy atom. The summed E-state index contributed by atoms with van der Waals surface area (Å²) < 4.78 is 46.3. The number of hydrogen-bond acceptors (Lipinski definition) is 4. The number of benzene rings is 1. The van der Waals surface area contributed by atoms with Gasteiger partial charge in [0, 0.05) is 5.56 Å². The molecule has 0 radical (unpaired) electrons. The molecule has 0 unspecified atom stereocenters. The van der Waals surface area contributed by atoms with Gasteiger partial charge >= 0.3 is 12.1 Å². The molecular formula is C12H8F3NO3. The second kappa shape index (κ2) is 4.75. The highest BCUT2D eigenvalue weighted by Gasteiger charge is 2.34. The lowest BCUT2D eigenvalue weighted by Gasteiger charge is -2.00. The normalized spacial score (nSPS) is 11.4. The Kier molecular flexibility index (Phi) is 3.28. The van der Waals surface area contributed by atoms with Crippen LogP contribution in [0.3, 0.4) is 0 Å². The smallest absolute Gasteiger partial charge is 0.436 e. The molecule has 0 N–H and O–H groups in total. The standard InChI is InChI=1S/C12H8F3NO3/c1-18-11(17)8-4-2-7(3-5-8)10-16-9(6-19-10)12(13,14)15/h2-6H,1H3. The molecule has 19 heavy (non-hydrogen) atoms. The van der Waals surface area contributed by atoms with Gasteiger partial charge in [0.2, 0.25) is 5.89 Å². The van der Waals surface area contributed by atoms with Gasteiger partial charge in [0.05, 0.1) is 12.7 Å². The Morgan fingerprint density at radius 2 is 1.89 bits per heavy atom. The molecule has 0 saturated carbocycles. The summed E-state index contributed by atoms with van der Waals surface area (Å²) in [5, 5.41) is 0. The first-order chi connectivity index (χ1) is 8.91. The molecule has 0 aliphatic rings. The van der Waals surface area contributed by atoms with Crippen LogP contribution in [0.2, 0.25) is 0 Å². The zero-order valence-corrected chi connectivity index (χ0v) is 9.69. The van der Waals surface area contributed by atoms with Crippen LogP contribution in [0.25, 0.3) is 11.5 Å². The lowest BCUT2D eigenvalue weighted by atomic mass is 10.1. The molecule has 0 aliphatic carbocycles. The molecular weight excluding hydrogens is 263 g/mol. The molecule has 100 valence electrons. The topological polar surface area (TPSA) is 52.3 Å². The number of alkyl halides is 3. The number of hydrogen-bond donors (Lipinski definition) is 0. The first-order valence-corrected chi connectivity index (χ1v) is 5.13. The summed E-state index contributed by atoms with van der Waals surface area (Å²) in [5.41, 5.74) is -0.475. The lowest BCUT2D eigenvalue weighted by Crippen LogP contribution is -2.04. The van der Waals surface area contributed by atoms with Crippen LogP contribution in [0.1, 0.15) is 16.1 Å². The zero-order chi connectivity index (χ0) is 14.0. The molecule has 4 nitrogen and oxygen atoms in total. The van der Waals surface area contributed by atoms with Crippen molar-refractivity contribution in [3.8, 4) is 11.5 Å². The predicted octanol–water partition coefficient (Wildman–Crippen LogP) is 3.15. The fourth-order valence-corrected chi connectivity index (χ4v) is 1.40. The van der Waals surface area contributed by atoms with E-state index in [9.17, 15) is 18.0 Å². The van der Waals surface area contributed by atoms with Crippen LogP contribution < -0.4 is 0 Å². The molecule has 0 aliphatic heterocycles. The minimum absolute atomic E-state index is 0.163. The Hall–Kier alpha value is -2.31. The average molecular weight is 271 g/mol. The van der Waals surface area contributed by atoms with Crippen molar-refractivity contribution in [3.05, 3.63) is 41.8 Å². The van der Waals surface area contributed by atoms with Crippen LogP contribution in [0, 0.1) is 0 Å². The number of carbonyl (C=O) groups is 1. The Balaban J connectivity index is 2.28. The highest BCUT2D eigenvalue weighted by Crippen LogP contribution is 2.30. The maximum absolute atomic E-state index is 12.3. The van der Waals surface area contributed by atoms with Crippen LogP contribution in [-0.2, 0) is 10.9 Å². The Bertz CT molecular complexity index is 587. The maximum atomic E-state index is 12.3. The van der Waals surface area contributed by atoms with Crippen molar-refractivity contribution >= 4 is 5.97 Å². The van der Waals surface area contributed by atoms with E-state index in [-0.39, 0.29) is 11.5 Å². The van der Waals surface area contributed by atoms with Gasteiger partial charge in [-0.1, -0.05) is 0 Å². The SMILES string of the molecule is COC(=O)c1ccc(-c2nc(C(F)(F)F)co2)cc1. The first-order valence-electron chi connectivity index (χ1n) is 5.13. The zero-order valence-electron chi connectivity index (χ0n) is 9.69. The molecule has 0 bridgehead atoms. The van der Waals surface area contributed by atoms with Gasteiger partial charge in [-0.25, -0.2) is 9.78 Å². The highest BCUT2D eigenvalue weighted by atomic mass is 19.4. The summed E-state index contributed by atoms with van der Waals surface area (Å²) in [5.74, 6) is -0.696. The molecule has 0 fully saturated rings. The molecule has 0 saturated heterocycles. The van der Waals surface area contributed by atoms with Gasteiger partial charge in [-0.3, -0.25) is 0 Å². The van der Waals surface area contributed by atoms with E-state index >= 15 is 0 Å². The van der Waals surface area contributed by atoms with Crippen molar-refractivity contribution in [2.75, 3.05) is 7.11 Å². The van der Waals surface area contributed by atoms with E-state index in [1.165, 1.54) is 31.4 Å². The fourth-order valence-electron chi connectivity index (χ4n) is 1.40. The van der Waals surface area contributed by atoms with Crippen molar-refractivity contribution in [1.82, 2.24) is 4.98 Å². The Labute approximate surface area is 105 Å². The van der Waals surface area contributed by atoms with Crippen molar-refractivity contribution in [2.45, 2.75) is 6.18 Å². The molecule has 2 rings (SSSR count). The lowest BCUT2D eigenvalue weighted by molar-refractivity contribution is -0.141. The number of oxazole rings is 1. The summed E-state index contributed by atoms with van der Waals surface area (Å²) in [4.78, 5) is 14.5. The molecule has 0 atom stereocenters. The van der Waals surface area contributed by atoms with Crippen molar-refractivity contribution in [3.63, 3.8) is 0 Å². The third-order valence-corrected chi connectivity index (χ3v) is 2.35. The Morgan fingerprint density at radius 1 is 1.26 bits per heavy atom. The van der Waals surface area contributed by atoms with E-state index in [1.807, 2.05) is 0 Å². The molecule has 2 aromatic rings. The van der Waals surface area contributed by atoms with Gasteiger partial charge < -0.3 is 9.15 Å². The number of esters is 1. The van der Waals surface area contributed by atoms with Crippen LogP contribution >= 0.6 is 0 Å². The van der Waals surface area contributed by atoms with Crippen LogP contribution in [0.5, 0.6) is 0 Å². The second-order valence-electron chi connectivity index (χ2n) is 3.60. The van der Waals surface area contributed by atoms with E-state index in [0.717, 1.165) is 0 Å². The van der Waals surface area contributed by atoms with Gasteiger partial charge in [0.15, 0.2) is 5.69 Å². The van der Waals surface area contributed by atoms with E-state index in [4.69, 9.17) is 4.42 Å². The monoisotopic (exact) mass is 271 g/mol. The molecule has 7 heteroatoms. The molecule has 0 amide bonds. The van der Waals surface area contributed by atoms with Gasteiger partial charge in [-0.15, -0.1) is 0 Å². The quantitative estimate of drug-likeness (QED) is 0.787. The first kappa shape index (κ1) is 13.1. The number of halogens is 3. The fraction of sp³-hybridized carbons (Fsp3) is 0.167. The number of nitrogens with zero attached hydrogens (tertiary/aromatic N) is 1. The number of aromatic nitrogens is 1. The van der Waals surface area contributed by atoms with Crippen molar-refractivity contribution < 1.29 is 27.1 Å². The van der Waals surface area contributed by atoms with E-state index < -0.39 is 17.8 Å². The molecule has 1 aromatic carbocycles. The van der Waals surface area contributed by atoms with Crippen molar-refractivity contribution in [2.24, 2.45) is 0 Å². The third kappa shape index (κ3) is 2.75. The number of methoxy groups -OCH3 is 1. The second-order valence-corrected chi connectivity index (χ2v) is 3.60. The summed E-state index contributed by atoms with van der Waals surface area (Å²) in [6.45, 7) is 0. The highest BCUT2D eigenvalue weighted by molar-refractivity contribution is 5.89. The molecule has 0 spiro atoms. The minimum atomic E-state index is -4.55. The summed E-state index contributed by atoms with van der Waals surface area (Å²) in [6, 6.07) is 5.69. The number of carbonyl (C=O) groups excluding carboxylic acids is 1. The van der Waals surface area contributed by atoms with Gasteiger partial charge in [-0.2, -0.15) is 13.2 Å². The predicted molar refractivity (Wildman–Crippen MR) is 58.3 cm³/mol. The van der Waals surface area contributed by atoms with E-state index in [2.05, 4.69) is 9.72 Å². The van der Waals surface area contributed by atoms with Crippen LogP contribution in [0.15, 0.2) is 34.9 Å². The summed E-state index contributed by atoms with van der Waals surface area (Å²) in [7, 11) is 1.24. The van der Waals surface area contributed by atoms with Gasteiger partial charge in [0.1, 0.15) is 6.26 Å². The summed E-state index contributed by atoms with van der Waals surface area (Å²) in [6.07, 6.45) is -4.00. The summed E-state index contributed by atoms with van der Waals surface area (Å²) >= 11 is 0. The maximum Gasteiger partial charge on any atom is 0.436 e. The minimum Gasteiger partial charge on any atom is -0.465 e. The van der Waals surface area contributed by atoms with Gasteiger partial charge in [-0.05, 0) is 24.3 Å². The number of ether oxygens (including phenoxy) is 1. The average Bonchev–Trinajstić information content (AvgIpc) is 2.87. The van der Waals surface area contributed by atoms with Crippen LogP contribution in [-0.4, -0.2) is 18.1 Å². The largest absolute Gasteiger partial charge is 0.465 e. The third-order valence-electron chi connectivity index (χ3n) is 2.35.